The minimum atomic E-state index is -0.626. The van der Waals surface area contributed by atoms with E-state index in [0.29, 0.717) is 12.0 Å². The summed E-state index contributed by atoms with van der Waals surface area (Å²) in [5, 5.41) is 3.56. The lowest BCUT2D eigenvalue weighted by molar-refractivity contribution is -0.150. The zero-order chi connectivity index (χ0) is 13.5. The molecule has 1 saturated carbocycles. The summed E-state index contributed by atoms with van der Waals surface area (Å²) in [6.07, 6.45) is 4.17. The highest BCUT2D eigenvalue weighted by molar-refractivity contribution is 5.83. The van der Waals surface area contributed by atoms with Gasteiger partial charge in [0.05, 0.1) is 7.11 Å². The van der Waals surface area contributed by atoms with Gasteiger partial charge in [0.15, 0.2) is 0 Å². The van der Waals surface area contributed by atoms with Crippen molar-refractivity contribution in [2.45, 2.75) is 50.1 Å². The third kappa shape index (κ3) is 2.06. The van der Waals surface area contributed by atoms with Crippen LogP contribution in [0.5, 0.6) is 0 Å². The van der Waals surface area contributed by atoms with Crippen LogP contribution in [0.25, 0.3) is 0 Å². The quantitative estimate of drug-likeness (QED) is 0.848. The lowest BCUT2D eigenvalue weighted by Gasteiger charge is -2.40. The highest BCUT2D eigenvalue weighted by atomic mass is 16.5. The monoisotopic (exact) mass is 259 g/mol. The standard InChI is InChI=1S/C16H21NO2/c1-11-9-10-16(15(18)19-2,17-12-7-8-12)14-6-4-3-5-13(11)14/h3-6,11-12,17H,7-10H2,1-2H3. The number of hydrogen-bond acceptors (Lipinski definition) is 3. The molecule has 2 unspecified atom stereocenters. The van der Waals surface area contributed by atoms with Crippen molar-refractivity contribution in [3.8, 4) is 0 Å². The van der Waals surface area contributed by atoms with E-state index < -0.39 is 5.54 Å². The number of benzene rings is 1. The molecule has 0 aliphatic heterocycles. The Bertz CT molecular complexity index is 495. The Kier molecular flexibility index (Phi) is 3.09. The second-order valence-electron chi connectivity index (χ2n) is 5.84. The molecule has 1 aromatic rings. The summed E-state index contributed by atoms with van der Waals surface area (Å²) in [7, 11) is 1.49. The first-order valence-electron chi connectivity index (χ1n) is 7.13. The van der Waals surface area contributed by atoms with E-state index in [1.807, 2.05) is 6.07 Å². The van der Waals surface area contributed by atoms with Crippen molar-refractivity contribution < 1.29 is 9.53 Å². The SMILES string of the molecule is COC(=O)C1(NC2CC2)CCC(C)c2ccccc21. The minimum absolute atomic E-state index is 0.140. The molecule has 0 saturated heterocycles. The number of hydrogen-bond donors (Lipinski definition) is 1. The van der Waals surface area contributed by atoms with Crippen LogP contribution in [0.4, 0.5) is 0 Å². The smallest absolute Gasteiger partial charge is 0.330 e. The Morgan fingerprint density at radius 2 is 2.05 bits per heavy atom. The Morgan fingerprint density at radius 3 is 2.74 bits per heavy atom. The molecule has 3 nitrogen and oxygen atoms in total. The van der Waals surface area contributed by atoms with E-state index in [0.717, 1.165) is 31.2 Å². The molecular formula is C16H21NO2. The summed E-state index contributed by atoms with van der Waals surface area (Å²) >= 11 is 0. The fourth-order valence-electron chi connectivity index (χ4n) is 3.21. The van der Waals surface area contributed by atoms with Gasteiger partial charge in [-0.25, -0.2) is 4.79 Å². The molecule has 2 aliphatic rings. The van der Waals surface area contributed by atoms with E-state index >= 15 is 0 Å². The molecule has 0 heterocycles. The van der Waals surface area contributed by atoms with Gasteiger partial charge in [-0.05, 0) is 42.7 Å². The van der Waals surface area contributed by atoms with Crippen LogP contribution in [0, 0.1) is 0 Å². The minimum Gasteiger partial charge on any atom is -0.467 e. The van der Waals surface area contributed by atoms with Gasteiger partial charge in [-0.2, -0.15) is 0 Å². The molecule has 2 atom stereocenters. The number of ether oxygens (including phenoxy) is 1. The zero-order valence-electron chi connectivity index (χ0n) is 11.6. The van der Waals surface area contributed by atoms with Gasteiger partial charge in [-0.15, -0.1) is 0 Å². The number of nitrogens with one attached hydrogen (secondary N) is 1. The van der Waals surface area contributed by atoms with Crippen LogP contribution in [0.15, 0.2) is 24.3 Å². The zero-order valence-corrected chi connectivity index (χ0v) is 11.6. The fourth-order valence-corrected chi connectivity index (χ4v) is 3.21. The second-order valence-corrected chi connectivity index (χ2v) is 5.84. The van der Waals surface area contributed by atoms with E-state index in [4.69, 9.17) is 4.74 Å². The molecular weight excluding hydrogens is 238 g/mol. The Morgan fingerprint density at radius 1 is 1.32 bits per heavy atom. The van der Waals surface area contributed by atoms with Crippen molar-refractivity contribution in [3.63, 3.8) is 0 Å². The molecule has 0 bridgehead atoms. The Balaban J connectivity index is 2.08. The highest BCUT2D eigenvalue weighted by Gasteiger charge is 2.48. The van der Waals surface area contributed by atoms with Crippen molar-refractivity contribution in [1.82, 2.24) is 5.32 Å². The normalized spacial score (nSPS) is 29.7. The second kappa shape index (κ2) is 4.64. The van der Waals surface area contributed by atoms with E-state index in [1.54, 1.807) is 0 Å². The summed E-state index contributed by atoms with van der Waals surface area (Å²) < 4.78 is 5.11. The van der Waals surface area contributed by atoms with E-state index in [-0.39, 0.29) is 5.97 Å². The van der Waals surface area contributed by atoms with Gasteiger partial charge in [0.25, 0.3) is 0 Å². The number of esters is 1. The average Bonchev–Trinajstić information content (AvgIpc) is 3.25. The summed E-state index contributed by atoms with van der Waals surface area (Å²) in [4.78, 5) is 12.4. The first kappa shape index (κ1) is 12.7. The molecule has 0 aromatic heterocycles. The molecule has 0 radical (unpaired) electrons. The first-order valence-corrected chi connectivity index (χ1v) is 7.13. The van der Waals surface area contributed by atoms with Gasteiger partial charge in [0, 0.05) is 6.04 Å². The van der Waals surface area contributed by atoms with Gasteiger partial charge >= 0.3 is 5.97 Å². The molecule has 0 amide bonds. The average molecular weight is 259 g/mol. The van der Waals surface area contributed by atoms with Gasteiger partial charge < -0.3 is 4.74 Å². The number of rotatable bonds is 3. The van der Waals surface area contributed by atoms with Crippen molar-refractivity contribution >= 4 is 5.97 Å². The lowest BCUT2D eigenvalue weighted by atomic mass is 9.72. The van der Waals surface area contributed by atoms with Gasteiger partial charge in [0.2, 0.25) is 0 Å². The third-order valence-electron chi connectivity index (χ3n) is 4.47. The molecule has 1 aromatic carbocycles. The topological polar surface area (TPSA) is 38.3 Å². The maximum atomic E-state index is 12.4. The maximum Gasteiger partial charge on any atom is 0.330 e. The maximum absolute atomic E-state index is 12.4. The van der Waals surface area contributed by atoms with Crippen molar-refractivity contribution in [1.29, 1.82) is 0 Å². The highest BCUT2D eigenvalue weighted by Crippen LogP contribution is 2.43. The third-order valence-corrected chi connectivity index (χ3v) is 4.47. The van der Waals surface area contributed by atoms with Crippen molar-refractivity contribution in [3.05, 3.63) is 35.4 Å². The Hall–Kier alpha value is -1.35. The number of fused-ring (bicyclic) bond motifs is 1. The molecule has 1 fully saturated rings. The van der Waals surface area contributed by atoms with E-state index in [2.05, 4.69) is 30.4 Å². The van der Waals surface area contributed by atoms with Crippen LogP contribution < -0.4 is 5.32 Å². The predicted molar refractivity (Wildman–Crippen MR) is 73.9 cm³/mol. The lowest BCUT2D eigenvalue weighted by Crippen LogP contribution is -2.53. The Labute approximate surface area is 114 Å². The summed E-state index contributed by atoms with van der Waals surface area (Å²) in [5.74, 6) is 0.369. The molecule has 3 rings (SSSR count). The molecule has 3 heteroatoms. The molecule has 19 heavy (non-hydrogen) atoms. The number of carbonyl (C=O) groups is 1. The number of methoxy groups -OCH3 is 1. The summed E-state index contributed by atoms with van der Waals surface area (Å²) in [5.41, 5.74) is 1.78. The molecule has 1 N–H and O–H groups in total. The van der Waals surface area contributed by atoms with Crippen LogP contribution in [-0.4, -0.2) is 19.1 Å². The van der Waals surface area contributed by atoms with Gasteiger partial charge in [-0.1, -0.05) is 31.2 Å². The van der Waals surface area contributed by atoms with Gasteiger partial charge in [0.1, 0.15) is 5.54 Å². The van der Waals surface area contributed by atoms with E-state index in [9.17, 15) is 4.79 Å². The van der Waals surface area contributed by atoms with Crippen molar-refractivity contribution in [2.24, 2.45) is 0 Å². The number of carbonyl (C=O) groups excluding carboxylic acids is 1. The molecule has 0 spiro atoms. The summed E-state index contributed by atoms with van der Waals surface area (Å²) in [6, 6.07) is 8.77. The largest absolute Gasteiger partial charge is 0.467 e. The molecule has 102 valence electrons. The van der Waals surface area contributed by atoms with Crippen LogP contribution in [-0.2, 0) is 15.1 Å². The predicted octanol–water partition coefficient (Wildman–Crippen LogP) is 2.70. The van der Waals surface area contributed by atoms with E-state index in [1.165, 1.54) is 12.7 Å². The van der Waals surface area contributed by atoms with Gasteiger partial charge in [-0.3, -0.25) is 5.32 Å². The van der Waals surface area contributed by atoms with Crippen LogP contribution in [0.2, 0.25) is 0 Å². The van der Waals surface area contributed by atoms with Crippen LogP contribution in [0.1, 0.15) is 49.7 Å². The van der Waals surface area contributed by atoms with Crippen molar-refractivity contribution in [2.75, 3.05) is 7.11 Å². The fraction of sp³-hybridized carbons (Fsp3) is 0.562. The first-order chi connectivity index (χ1) is 9.17. The molecule has 2 aliphatic carbocycles. The van der Waals surface area contributed by atoms with Crippen LogP contribution in [0.3, 0.4) is 0 Å². The van der Waals surface area contributed by atoms with Crippen LogP contribution >= 0.6 is 0 Å². The summed E-state index contributed by atoms with van der Waals surface area (Å²) in [6.45, 7) is 2.23.